The van der Waals surface area contributed by atoms with Crippen LogP contribution in [0.25, 0.3) is 0 Å². The van der Waals surface area contributed by atoms with Gasteiger partial charge in [0.05, 0.1) is 18.5 Å². The molecule has 22 heavy (non-hydrogen) atoms. The number of aliphatic hydroxyl groups is 1. The van der Waals surface area contributed by atoms with Crippen molar-refractivity contribution in [2.45, 2.75) is 25.4 Å². The van der Waals surface area contributed by atoms with Crippen LogP contribution >= 0.6 is 11.8 Å². The number of sulfonamides is 1. The first-order valence-electron chi connectivity index (χ1n) is 7.09. The van der Waals surface area contributed by atoms with Crippen molar-refractivity contribution >= 4 is 21.8 Å². The molecule has 0 amide bonds. The zero-order chi connectivity index (χ0) is 16.6. The van der Waals surface area contributed by atoms with Crippen LogP contribution in [-0.4, -0.2) is 50.5 Å². The van der Waals surface area contributed by atoms with Gasteiger partial charge in [0.1, 0.15) is 5.75 Å². The Kier molecular flexibility index (Phi) is 7.68. The monoisotopic (exact) mass is 347 g/mol. The van der Waals surface area contributed by atoms with Gasteiger partial charge in [-0.1, -0.05) is 12.1 Å². The Labute approximate surface area is 137 Å². The second-order valence-electron chi connectivity index (χ2n) is 5.48. The van der Waals surface area contributed by atoms with Gasteiger partial charge in [0.25, 0.3) is 0 Å². The smallest absolute Gasteiger partial charge is 0.212 e. The summed E-state index contributed by atoms with van der Waals surface area (Å²) < 4.78 is 31.5. The minimum Gasteiger partial charge on any atom is -0.497 e. The molecule has 1 aromatic carbocycles. The van der Waals surface area contributed by atoms with Crippen molar-refractivity contribution < 1.29 is 18.3 Å². The highest BCUT2D eigenvalue weighted by Gasteiger charge is 2.22. The summed E-state index contributed by atoms with van der Waals surface area (Å²) in [6.45, 7) is 1.69. The normalized spacial score (nSPS) is 14.5. The average molecular weight is 348 g/mol. The molecule has 1 atom stereocenters. The lowest BCUT2D eigenvalue weighted by Gasteiger charge is -2.23. The van der Waals surface area contributed by atoms with Crippen LogP contribution in [0.2, 0.25) is 0 Å². The molecule has 1 rings (SSSR count). The Morgan fingerprint density at radius 2 is 1.95 bits per heavy atom. The molecule has 0 saturated carbocycles. The molecule has 0 heterocycles. The van der Waals surface area contributed by atoms with Gasteiger partial charge in [-0.3, -0.25) is 0 Å². The lowest BCUT2D eigenvalue weighted by atomic mass is 10.1. The molecule has 5 nitrogen and oxygen atoms in total. The molecular weight excluding hydrogens is 322 g/mol. The molecule has 0 fully saturated rings. The van der Waals surface area contributed by atoms with Crippen LogP contribution in [0.5, 0.6) is 5.75 Å². The molecule has 7 heteroatoms. The van der Waals surface area contributed by atoms with E-state index in [1.54, 1.807) is 25.8 Å². The van der Waals surface area contributed by atoms with Gasteiger partial charge in [0.15, 0.2) is 0 Å². The molecule has 0 spiro atoms. The van der Waals surface area contributed by atoms with Gasteiger partial charge < -0.3 is 9.84 Å². The number of rotatable bonds is 10. The van der Waals surface area contributed by atoms with E-state index in [1.165, 1.54) is 0 Å². The second kappa shape index (κ2) is 8.76. The highest BCUT2D eigenvalue weighted by Crippen LogP contribution is 2.13. The van der Waals surface area contributed by atoms with Crippen molar-refractivity contribution in [1.82, 2.24) is 4.72 Å². The molecule has 2 N–H and O–H groups in total. The second-order valence-corrected chi connectivity index (χ2v) is 8.39. The van der Waals surface area contributed by atoms with E-state index in [2.05, 4.69) is 4.72 Å². The molecule has 0 aromatic heterocycles. The summed E-state index contributed by atoms with van der Waals surface area (Å²) in [5, 5.41) is 10.1. The molecule has 0 bridgehead atoms. The van der Waals surface area contributed by atoms with E-state index < -0.39 is 15.6 Å². The number of aryl methyl sites for hydroxylation is 1. The fourth-order valence-electron chi connectivity index (χ4n) is 1.79. The van der Waals surface area contributed by atoms with Crippen molar-refractivity contribution in [1.29, 1.82) is 0 Å². The first-order valence-corrected chi connectivity index (χ1v) is 10.1. The zero-order valence-electron chi connectivity index (χ0n) is 13.3. The summed E-state index contributed by atoms with van der Waals surface area (Å²) in [7, 11) is -1.81. The quantitative estimate of drug-likeness (QED) is 0.673. The Hall–Kier alpha value is -0.760. The SMILES string of the molecule is COc1ccc(CCS(=O)(=O)NC[C@](C)(O)CCSC)cc1. The maximum Gasteiger partial charge on any atom is 0.212 e. The van der Waals surface area contributed by atoms with Crippen molar-refractivity contribution in [3.05, 3.63) is 29.8 Å². The summed E-state index contributed by atoms with van der Waals surface area (Å²) in [6.07, 6.45) is 2.93. The van der Waals surface area contributed by atoms with E-state index in [4.69, 9.17) is 4.74 Å². The first kappa shape index (κ1) is 19.3. The minimum atomic E-state index is -3.40. The minimum absolute atomic E-state index is 0.00205. The predicted molar refractivity (Wildman–Crippen MR) is 92.1 cm³/mol. The van der Waals surface area contributed by atoms with E-state index in [1.807, 2.05) is 30.5 Å². The molecule has 126 valence electrons. The third-order valence-corrected chi connectivity index (χ3v) is 5.27. The maximum atomic E-state index is 12.0. The van der Waals surface area contributed by atoms with Gasteiger partial charge in [-0.25, -0.2) is 13.1 Å². The fraction of sp³-hybridized carbons (Fsp3) is 0.600. The van der Waals surface area contributed by atoms with Crippen molar-refractivity contribution in [3.63, 3.8) is 0 Å². The number of nitrogens with one attached hydrogen (secondary N) is 1. The molecule has 0 saturated heterocycles. The van der Waals surface area contributed by atoms with Crippen LogP contribution in [0.15, 0.2) is 24.3 Å². The van der Waals surface area contributed by atoms with Crippen molar-refractivity contribution in [2.24, 2.45) is 0 Å². The molecule has 1 aromatic rings. The Balaban J connectivity index is 2.46. The standard InChI is InChI=1S/C15H25NO4S2/c1-15(17,9-10-21-3)12-16-22(18,19)11-8-13-4-6-14(20-2)7-5-13/h4-7,16-17H,8-12H2,1-3H3/t15-/m1/s1. The van der Waals surface area contributed by atoms with Crippen LogP contribution in [0.1, 0.15) is 18.9 Å². The zero-order valence-corrected chi connectivity index (χ0v) is 15.0. The Morgan fingerprint density at radius 3 is 2.50 bits per heavy atom. The highest BCUT2D eigenvalue weighted by molar-refractivity contribution is 7.98. The number of methoxy groups -OCH3 is 1. The molecule has 0 radical (unpaired) electrons. The molecule has 0 unspecified atom stereocenters. The van der Waals surface area contributed by atoms with Gasteiger partial charge >= 0.3 is 0 Å². The predicted octanol–water partition coefficient (Wildman–Crippen LogP) is 1.66. The average Bonchev–Trinajstić information content (AvgIpc) is 2.50. The number of benzene rings is 1. The molecule has 0 aliphatic carbocycles. The van der Waals surface area contributed by atoms with Crippen LogP contribution in [-0.2, 0) is 16.4 Å². The van der Waals surface area contributed by atoms with E-state index in [0.717, 1.165) is 17.1 Å². The lowest BCUT2D eigenvalue weighted by molar-refractivity contribution is 0.0626. The number of hydrogen-bond donors (Lipinski definition) is 2. The van der Waals surface area contributed by atoms with Gasteiger partial charge in [-0.05, 0) is 49.5 Å². The summed E-state index contributed by atoms with van der Waals surface area (Å²) in [4.78, 5) is 0. The maximum absolute atomic E-state index is 12.0. The Bertz CT molecular complexity index is 541. The van der Waals surface area contributed by atoms with Crippen LogP contribution in [0.4, 0.5) is 0 Å². The summed E-state index contributed by atoms with van der Waals surface area (Å²) in [5.41, 5.74) is -0.0868. The van der Waals surface area contributed by atoms with Crippen LogP contribution in [0.3, 0.4) is 0 Å². The number of ether oxygens (including phenoxy) is 1. The first-order chi connectivity index (χ1) is 10.3. The van der Waals surface area contributed by atoms with E-state index in [-0.39, 0.29) is 12.3 Å². The third-order valence-electron chi connectivity index (χ3n) is 3.34. The highest BCUT2D eigenvalue weighted by atomic mass is 32.2. The van der Waals surface area contributed by atoms with Gasteiger partial charge in [0, 0.05) is 6.54 Å². The third kappa shape index (κ3) is 7.49. The Morgan fingerprint density at radius 1 is 1.32 bits per heavy atom. The van der Waals surface area contributed by atoms with Crippen LogP contribution in [0, 0.1) is 0 Å². The lowest BCUT2D eigenvalue weighted by Crippen LogP contribution is -2.42. The van der Waals surface area contributed by atoms with E-state index in [9.17, 15) is 13.5 Å². The molecular formula is C15H25NO4S2. The largest absolute Gasteiger partial charge is 0.497 e. The van der Waals surface area contributed by atoms with Gasteiger partial charge in [-0.2, -0.15) is 11.8 Å². The summed E-state index contributed by atoms with van der Waals surface area (Å²) in [5.74, 6) is 1.54. The van der Waals surface area contributed by atoms with Crippen molar-refractivity contribution in [2.75, 3.05) is 31.4 Å². The molecule has 0 aliphatic heterocycles. The van der Waals surface area contributed by atoms with Crippen molar-refractivity contribution in [3.8, 4) is 5.75 Å². The number of hydrogen-bond acceptors (Lipinski definition) is 5. The summed E-state index contributed by atoms with van der Waals surface area (Å²) >= 11 is 1.62. The number of thioether (sulfide) groups is 1. The molecule has 0 aliphatic rings. The summed E-state index contributed by atoms with van der Waals surface area (Å²) in [6, 6.07) is 7.32. The van der Waals surface area contributed by atoms with E-state index in [0.29, 0.717) is 12.8 Å². The van der Waals surface area contributed by atoms with E-state index >= 15 is 0 Å². The fourth-order valence-corrected chi connectivity index (χ4v) is 3.62. The topological polar surface area (TPSA) is 75.6 Å². The van der Waals surface area contributed by atoms with Gasteiger partial charge in [0.2, 0.25) is 10.0 Å². The van der Waals surface area contributed by atoms with Gasteiger partial charge in [-0.15, -0.1) is 0 Å². The van der Waals surface area contributed by atoms with Crippen LogP contribution < -0.4 is 9.46 Å².